The summed E-state index contributed by atoms with van der Waals surface area (Å²) >= 11 is 0. The van der Waals surface area contributed by atoms with Gasteiger partial charge in [0, 0.05) is 25.0 Å². The van der Waals surface area contributed by atoms with Crippen LogP contribution in [0, 0.1) is 5.92 Å². The maximum absolute atomic E-state index is 4.40. The van der Waals surface area contributed by atoms with Crippen LogP contribution < -0.4 is 5.32 Å². The van der Waals surface area contributed by atoms with Gasteiger partial charge in [0.05, 0.1) is 0 Å². The van der Waals surface area contributed by atoms with Gasteiger partial charge in [0.25, 0.3) is 0 Å². The van der Waals surface area contributed by atoms with Gasteiger partial charge < -0.3 is 5.32 Å². The highest BCUT2D eigenvalue weighted by atomic mass is 15.3. The van der Waals surface area contributed by atoms with Gasteiger partial charge in [-0.25, -0.2) is 9.67 Å². The van der Waals surface area contributed by atoms with E-state index in [9.17, 15) is 0 Å². The van der Waals surface area contributed by atoms with Crippen LogP contribution in [0.25, 0.3) is 0 Å². The Morgan fingerprint density at radius 3 is 3.00 bits per heavy atom. The lowest BCUT2D eigenvalue weighted by atomic mass is 9.97. The Labute approximate surface area is 104 Å². The summed E-state index contributed by atoms with van der Waals surface area (Å²) in [4.78, 5) is 4.40. The van der Waals surface area contributed by atoms with Crippen LogP contribution in [-0.4, -0.2) is 26.8 Å². The van der Waals surface area contributed by atoms with Crippen LogP contribution in [0.5, 0.6) is 0 Å². The molecule has 0 spiro atoms. The van der Waals surface area contributed by atoms with Crippen LogP contribution in [0.4, 0.5) is 0 Å². The highest BCUT2D eigenvalue weighted by molar-refractivity contribution is 4.92. The fourth-order valence-electron chi connectivity index (χ4n) is 2.57. The van der Waals surface area contributed by atoms with Crippen molar-refractivity contribution in [2.45, 2.75) is 65.1 Å². The van der Waals surface area contributed by atoms with E-state index in [0.29, 0.717) is 18.0 Å². The summed E-state index contributed by atoms with van der Waals surface area (Å²) in [7, 11) is 0. The molecule has 1 aliphatic rings. The van der Waals surface area contributed by atoms with Gasteiger partial charge in [0.15, 0.2) is 0 Å². The third kappa shape index (κ3) is 3.53. The van der Waals surface area contributed by atoms with Gasteiger partial charge in [0.1, 0.15) is 12.2 Å². The first kappa shape index (κ1) is 12.6. The maximum atomic E-state index is 4.40. The molecule has 2 unspecified atom stereocenters. The molecule has 0 bridgehead atoms. The molecule has 1 aromatic heterocycles. The van der Waals surface area contributed by atoms with E-state index in [4.69, 9.17) is 0 Å². The second-order valence-corrected chi connectivity index (χ2v) is 5.65. The van der Waals surface area contributed by atoms with Gasteiger partial charge in [-0.3, -0.25) is 0 Å². The lowest BCUT2D eigenvalue weighted by Crippen LogP contribution is -2.42. The number of hydrogen-bond acceptors (Lipinski definition) is 3. The topological polar surface area (TPSA) is 42.7 Å². The zero-order valence-electron chi connectivity index (χ0n) is 11.2. The average Bonchev–Trinajstić information content (AvgIpc) is 2.65. The normalized spacial score (nSPS) is 25.4. The third-order valence-corrected chi connectivity index (χ3v) is 3.37. The summed E-state index contributed by atoms with van der Waals surface area (Å²) in [6, 6.07) is 1.23. The predicted molar refractivity (Wildman–Crippen MR) is 68.8 cm³/mol. The molecule has 2 heterocycles. The van der Waals surface area contributed by atoms with Crippen molar-refractivity contribution in [1.82, 2.24) is 20.1 Å². The van der Waals surface area contributed by atoms with Crippen LogP contribution >= 0.6 is 0 Å². The summed E-state index contributed by atoms with van der Waals surface area (Å²) in [5.41, 5.74) is 0. The molecule has 0 aromatic carbocycles. The van der Waals surface area contributed by atoms with Crippen LogP contribution in [0.15, 0.2) is 6.33 Å². The van der Waals surface area contributed by atoms with Crippen LogP contribution in [0.3, 0.4) is 0 Å². The van der Waals surface area contributed by atoms with E-state index in [2.05, 4.69) is 40.9 Å². The molecule has 4 nitrogen and oxygen atoms in total. The Hall–Kier alpha value is -0.900. The molecule has 0 aliphatic carbocycles. The van der Waals surface area contributed by atoms with Crippen molar-refractivity contribution < 1.29 is 0 Å². The minimum absolute atomic E-state index is 0.578. The third-order valence-electron chi connectivity index (χ3n) is 3.37. The van der Waals surface area contributed by atoms with Gasteiger partial charge in [-0.2, -0.15) is 5.10 Å². The number of aromatic nitrogens is 3. The van der Waals surface area contributed by atoms with Crippen LogP contribution in [0.1, 0.15) is 45.9 Å². The summed E-state index contributed by atoms with van der Waals surface area (Å²) in [6.45, 7) is 7.67. The Kier molecular flexibility index (Phi) is 4.15. The van der Waals surface area contributed by atoms with Crippen molar-refractivity contribution in [2.75, 3.05) is 0 Å². The maximum Gasteiger partial charge on any atom is 0.138 e. The molecule has 0 radical (unpaired) electrons. The average molecular weight is 236 g/mol. The van der Waals surface area contributed by atoms with E-state index in [-0.39, 0.29) is 0 Å². The Bertz CT molecular complexity index is 345. The zero-order valence-corrected chi connectivity index (χ0v) is 11.2. The summed E-state index contributed by atoms with van der Waals surface area (Å²) in [5, 5.41) is 7.97. The number of nitrogens with one attached hydrogen (secondary N) is 1. The minimum atomic E-state index is 0.578. The van der Waals surface area contributed by atoms with E-state index in [1.165, 1.54) is 19.3 Å². The Balaban J connectivity index is 1.95. The second kappa shape index (κ2) is 5.63. The van der Waals surface area contributed by atoms with Crippen molar-refractivity contribution in [1.29, 1.82) is 0 Å². The largest absolute Gasteiger partial charge is 0.311 e. The molecule has 1 fully saturated rings. The first-order valence-electron chi connectivity index (χ1n) is 6.78. The lowest BCUT2D eigenvalue weighted by molar-refractivity contribution is 0.324. The first-order chi connectivity index (χ1) is 8.15. The summed E-state index contributed by atoms with van der Waals surface area (Å²) < 4.78 is 2.06. The molecule has 2 rings (SSSR count). The predicted octanol–water partition coefficient (Wildman–Crippen LogP) is 2.01. The fraction of sp³-hybridized carbons (Fsp3) is 0.846. The number of hydrogen-bond donors (Lipinski definition) is 1. The minimum Gasteiger partial charge on any atom is -0.311 e. The second-order valence-electron chi connectivity index (χ2n) is 5.65. The van der Waals surface area contributed by atoms with Crippen molar-refractivity contribution in [2.24, 2.45) is 5.92 Å². The molecule has 0 amide bonds. The molecule has 1 N–H and O–H groups in total. The monoisotopic (exact) mass is 236 g/mol. The molecule has 96 valence electrons. The van der Waals surface area contributed by atoms with E-state index in [1.807, 2.05) is 0 Å². The van der Waals surface area contributed by atoms with Gasteiger partial charge in [-0.1, -0.05) is 20.3 Å². The van der Waals surface area contributed by atoms with E-state index in [0.717, 1.165) is 18.8 Å². The molecule has 17 heavy (non-hydrogen) atoms. The van der Waals surface area contributed by atoms with E-state index in [1.54, 1.807) is 6.33 Å². The molecule has 1 aliphatic heterocycles. The smallest absolute Gasteiger partial charge is 0.138 e. The van der Waals surface area contributed by atoms with Crippen molar-refractivity contribution >= 4 is 0 Å². The number of piperidine rings is 1. The van der Waals surface area contributed by atoms with Crippen LogP contribution in [0.2, 0.25) is 0 Å². The van der Waals surface area contributed by atoms with Gasteiger partial charge in [0.2, 0.25) is 0 Å². The molecule has 1 aromatic rings. The first-order valence-corrected chi connectivity index (χ1v) is 6.78. The lowest BCUT2D eigenvalue weighted by Gasteiger charge is -2.28. The Morgan fingerprint density at radius 1 is 1.47 bits per heavy atom. The highest BCUT2D eigenvalue weighted by Crippen LogP contribution is 2.15. The molecule has 4 heteroatoms. The van der Waals surface area contributed by atoms with Gasteiger partial charge >= 0.3 is 0 Å². The van der Waals surface area contributed by atoms with Crippen molar-refractivity contribution in [3.63, 3.8) is 0 Å². The quantitative estimate of drug-likeness (QED) is 0.869. The molecular weight excluding hydrogens is 212 g/mol. The van der Waals surface area contributed by atoms with E-state index >= 15 is 0 Å². The highest BCUT2D eigenvalue weighted by Gasteiger charge is 2.20. The van der Waals surface area contributed by atoms with Gasteiger partial charge in [-0.15, -0.1) is 0 Å². The van der Waals surface area contributed by atoms with Crippen molar-refractivity contribution in [3.8, 4) is 0 Å². The standard InChI is InChI=1S/C13H24N4/c1-10(2)8-17-13(14-9-15-17)7-12-6-4-5-11(3)16-12/h9-12,16H,4-8H2,1-3H3. The van der Waals surface area contributed by atoms with Gasteiger partial charge in [-0.05, 0) is 25.7 Å². The Morgan fingerprint density at radius 2 is 2.29 bits per heavy atom. The summed E-state index contributed by atoms with van der Waals surface area (Å²) in [6.07, 6.45) is 6.59. The molecule has 0 saturated carbocycles. The molecule has 2 atom stereocenters. The van der Waals surface area contributed by atoms with Crippen molar-refractivity contribution in [3.05, 3.63) is 12.2 Å². The molecule has 1 saturated heterocycles. The number of nitrogens with zero attached hydrogens (tertiary/aromatic N) is 3. The zero-order chi connectivity index (χ0) is 12.3. The van der Waals surface area contributed by atoms with Crippen LogP contribution in [-0.2, 0) is 13.0 Å². The van der Waals surface area contributed by atoms with E-state index < -0.39 is 0 Å². The fourth-order valence-corrected chi connectivity index (χ4v) is 2.57. The SMILES string of the molecule is CC(C)Cn1ncnc1CC1CCCC(C)N1. The molecular formula is C13H24N4. The number of rotatable bonds is 4. The summed E-state index contributed by atoms with van der Waals surface area (Å²) in [5.74, 6) is 1.75.